The molecule has 2 aliphatic heterocycles. The van der Waals surface area contributed by atoms with Crippen LogP contribution in [0.25, 0.3) is 0 Å². The van der Waals surface area contributed by atoms with Gasteiger partial charge < -0.3 is 15.1 Å². The maximum absolute atomic E-state index is 12.8. The average Bonchev–Trinajstić information content (AvgIpc) is 3.34. The molecule has 5 nitrogen and oxygen atoms in total. The first-order chi connectivity index (χ1) is 13.6. The summed E-state index contributed by atoms with van der Waals surface area (Å²) >= 11 is 0. The molecule has 2 aromatic carbocycles. The van der Waals surface area contributed by atoms with Crippen LogP contribution in [0.15, 0.2) is 48.5 Å². The summed E-state index contributed by atoms with van der Waals surface area (Å²) < 4.78 is 0. The van der Waals surface area contributed by atoms with E-state index in [2.05, 4.69) is 34.5 Å². The first-order valence-corrected chi connectivity index (χ1v) is 10.1. The van der Waals surface area contributed by atoms with Crippen LogP contribution < -0.4 is 10.2 Å². The van der Waals surface area contributed by atoms with E-state index in [1.807, 2.05) is 30.0 Å². The number of carbonyl (C=O) groups is 2. The Labute approximate surface area is 166 Å². The van der Waals surface area contributed by atoms with Crippen molar-refractivity contribution in [1.82, 2.24) is 10.2 Å². The minimum Gasteiger partial charge on any atom is -0.369 e. The van der Waals surface area contributed by atoms with Crippen molar-refractivity contribution in [3.63, 3.8) is 0 Å². The zero-order valence-corrected chi connectivity index (χ0v) is 16.4. The Balaban J connectivity index is 1.35. The quantitative estimate of drug-likeness (QED) is 0.872. The Morgan fingerprint density at radius 2 is 1.86 bits per heavy atom. The summed E-state index contributed by atoms with van der Waals surface area (Å²) in [6.45, 7) is 4.62. The standard InChI is InChI=1S/C23H27N3O2/c1-17-7-2-4-10-20(17)23(28)24-15-22(27)26-13-6-9-19(26)16-25-14-12-18-8-3-5-11-21(18)25/h2-5,7-8,10-11,19H,6,9,12-16H2,1H3,(H,24,28). The SMILES string of the molecule is Cc1ccccc1C(=O)NCC(=O)N1CCCC1CN1CCc2ccccc21. The molecule has 146 valence electrons. The number of amides is 2. The lowest BCUT2D eigenvalue weighted by molar-refractivity contribution is -0.130. The highest BCUT2D eigenvalue weighted by Crippen LogP contribution is 2.29. The molecular weight excluding hydrogens is 350 g/mol. The van der Waals surface area contributed by atoms with Gasteiger partial charge in [0.1, 0.15) is 0 Å². The molecule has 4 rings (SSSR count). The van der Waals surface area contributed by atoms with E-state index in [-0.39, 0.29) is 24.4 Å². The fourth-order valence-corrected chi connectivity index (χ4v) is 4.38. The molecule has 1 N–H and O–H groups in total. The number of anilines is 1. The summed E-state index contributed by atoms with van der Waals surface area (Å²) in [5, 5.41) is 2.80. The van der Waals surface area contributed by atoms with E-state index < -0.39 is 0 Å². The van der Waals surface area contributed by atoms with Crippen molar-refractivity contribution < 1.29 is 9.59 Å². The number of rotatable bonds is 5. The van der Waals surface area contributed by atoms with Gasteiger partial charge in [-0.1, -0.05) is 36.4 Å². The summed E-state index contributed by atoms with van der Waals surface area (Å²) in [5.74, 6) is -0.174. The fourth-order valence-electron chi connectivity index (χ4n) is 4.38. The van der Waals surface area contributed by atoms with Gasteiger partial charge in [-0.2, -0.15) is 0 Å². The van der Waals surface area contributed by atoms with Gasteiger partial charge in [-0.25, -0.2) is 0 Å². The minimum atomic E-state index is -0.185. The smallest absolute Gasteiger partial charge is 0.251 e. The lowest BCUT2D eigenvalue weighted by Crippen LogP contribution is -2.46. The monoisotopic (exact) mass is 377 g/mol. The van der Waals surface area contributed by atoms with Crippen molar-refractivity contribution >= 4 is 17.5 Å². The Morgan fingerprint density at radius 1 is 1.07 bits per heavy atom. The second-order valence-electron chi connectivity index (χ2n) is 7.71. The molecule has 2 amide bonds. The number of benzene rings is 2. The van der Waals surface area contributed by atoms with Gasteiger partial charge in [-0.3, -0.25) is 9.59 Å². The van der Waals surface area contributed by atoms with Crippen molar-refractivity contribution in [3.05, 3.63) is 65.2 Å². The molecule has 2 heterocycles. The van der Waals surface area contributed by atoms with Crippen molar-refractivity contribution in [2.24, 2.45) is 0 Å². The number of nitrogens with zero attached hydrogens (tertiary/aromatic N) is 2. The Hall–Kier alpha value is -2.82. The maximum atomic E-state index is 12.8. The summed E-state index contributed by atoms with van der Waals surface area (Å²) in [7, 11) is 0. The molecule has 1 unspecified atom stereocenters. The molecule has 0 spiro atoms. The Kier molecular flexibility index (Phi) is 5.33. The van der Waals surface area contributed by atoms with Gasteiger partial charge in [0.25, 0.3) is 5.91 Å². The second kappa shape index (κ2) is 8.05. The van der Waals surface area contributed by atoms with Crippen LogP contribution in [0.2, 0.25) is 0 Å². The average molecular weight is 377 g/mol. The third-order valence-electron chi connectivity index (χ3n) is 5.90. The van der Waals surface area contributed by atoms with E-state index in [0.717, 1.165) is 44.5 Å². The largest absolute Gasteiger partial charge is 0.369 e. The van der Waals surface area contributed by atoms with Gasteiger partial charge in [-0.15, -0.1) is 0 Å². The van der Waals surface area contributed by atoms with E-state index in [1.54, 1.807) is 6.07 Å². The van der Waals surface area contributed by atoms with Crippen LogP contribution in [0.3, 0.4) is 0 Å². The van der Waals surface area contributed by atoms with Gasteiger partial charge in [0.05, 0.1) is 6.54 Å². The van der Waals surface area contributed by atoms with E-state index >= 15 is 0 Å². The van der Waals surface area contributed by atoms with E-state index in [4.69, 9.17) is 0 Å². The molecule has 5 heteroatoms. The van der Waals surface area contributed by atoms with Gasteiger partial charge in [-0.05, 0) is 49.4 Å². The van der Waals surface area contributed by atoms with E-state index in [9.17, 15) is 9.59 Å². The summed E-state index contributed by atoms with van der Waals surface area (Å²) in [6, 6.07) is 16.2. The molecule has 0 aromatic heterocycles. The van der Waals surface area contributed by atoms with Crippen LogP contribution in [0.1, 0.15) is 34.3 Å². The van der Waals surface area contributed by atoms with Crippen molar-refractivity contribution in [2.45, 2.75) is 32.2 Å². The third kappa shape index (κ3) is 3.75. The summed E-state index contributed by atoms with van der Waals surface area (Å²) in [6.07, 6.45) is 3.12. The topological polar surface area (TPSA) is 52.7 Å². The Morgan fingerprint density at radius 3 is 2.71 bits per heavy atom. The zero-order valence-electron chi connectivity index (χ0n) is 16.4. The summed E-state index contributed by atoms with van der Waals surface area (Å²) in [4.78, 5) is 29.5. The first kappa shape index (κ1) is 18.5. The van der Waals surface area contributed by atoms with Gasteiger partial charge in [0.15, 0.2) is 0 Å². The van der Waals surface area contributed by atoms with Crippen LogP contribution in [0.4, 0.5) is 5.69 Å². The van der Waals surface area contributed by atoms with Gasteiger partial charge in [0.2, 0.25) is 5.91 Å². The lowest BCUT2D eigenvalue weighted by atomic mass is 10.1. The van der Waals surface area contributed by atoms with Crippen LogP contribution in [-0.2, 0) is 11.2 Å². The molecule has 0 aliphatic carbocycles. The molecule has 0 saturated carbocycles. The first-order valence-electron chi connectivity index (χ1n) is 10.1. The highest BCUT2D eigenvalue weighted by atomic mass is 16.2. The maximum Gasteiger partial charge on any atom is 0.251 e. The molecule has 1 saturated heterocycles. The van der Waals surface area contributed by atoms with Crippen LogP contribution in [-0.4, -0.2) is 48.9 Å². The molecule has 0 radical (unpaired) electrons. The minimum absolute atomic E-state index is 0.0110. The number of hydrogen-bond acceptors (Lipinski definition) is 3. The fraction of sp³-hybridized carbons (Fsp3) is 0.391. The molecule has 2 aliphatic rings. The number of fused-ring (bicyclic) bond motifs is 1. The zero-order chi connectivity index (χ0) is 19.5. The van der Waals surface area contributed by atoms with Crippen LogP contribution in [0.5, 0.6) is 0 Å². The van der Waals surface area contributed by atoms with Crippen LogP contribution in [0, 0.1) is 6.92 Å². The van der Waals surface area contributed by atoms with Crippen molar-refractivity contribution in [3.8, 4) is 0 Å². The highest BCUT2D eigenvalue weighted by Gasteiger charge is 2.31. The number of nitrogens with one attached hydrogen (secondary N) is 1. The van der Waals surface area contributed by atoms with E-state index in [0.29, 0.717) is 5.56 Å². The third-order valence-corrected chi connectivity index (χ3v) is 5.90. The van der Waals surface area contributed by atoms with E-state index in [1.165, 1.54) is 11.3 Å². The molecule has 28 heavy (non-hydrogen) atoms. The van der Waals surface area contributed by atoms with Gasteiger partial charge in [0, 0.05) is 36.9 Å². The molecule has 2 aromatic rings. The predicted molar refractivity (Wildman–Crippen MR) is 111 cm³/mol. The number of para-hydroxylation sites is 1. The van der Waals surface area contributed by atoms with Gasteiger partial charge >= 0.3 is 0 Å². The predicted octanol–water partition coefficient (Wildman–Crippen LogP) is 2.78. The highest BCUT2D eigenvalue weighted by molar-refractivity contribution is 5.97. The molecule has 1 atom stereocenters. The molecular formula is C23H27N3O2. The van der Waals surface area contributed by atoms with Crippen LogP contribution >= 0.6 is 0 Å². The number of aryl methyl sites for hydroxylation is 1. The van der Waals surface area contributed by atoms with Crippen molar-refractivity contribution in [1.29, 1.82) is 0 Å². The number of hydrogen-bond donors (Lipinski definition) is 1. The summed E-state index contributed by atoms with van der Waals surface area (Å²) in [5.41, 5.74) is 4.24. The number of likely N-dealkylation sites (tertiary alicyclic amines) is 1. The Bertz CT molecular complexity index is 880. The second-order valence-corrected chi connectivity index (χ2v) is 7.71. The number of carbonyl (C=O) groups excluding carboxylic acids is 2. The normalized spacial score (nSPS) is 18.2. The lowest BCUT2D eigenvalue weighted by Gasteiger charge is -2.30. The molecule has 1 fully saturated rings. The van der Waals surface area contributed by atoms with Crippen molar-refractivity contribution in [2.75, 3.05) is 31.1 Å². The molecule has 0 bridgehead atoms.